The number of benzene rings is 2. The summed E-state index contributed by atoms with van der Waals surface area (Å²) in [6, 6.07) is 16.2. The monoisotopic (exact) mass is 424 g/mol. The number of nitrogens with one attached hydrogen (secondary N) is 1. The molecule has 0 aliphatic heterocycles. The normalized spacial score (nSPS) is 9.91. The summed E-state index contributed by atoms with van der Waals surface area (Å²) in [5, 5.41) is 21.6. The van der Waals surface area contributed by atoms with Gasteiger partial charge in [0.2, 0.25) is 0 Å². The van der Waals surface area contributed by atoms with Crippen molar-refractivity contribution >= 4 is 22.7 Å². The number of terminal acetylenes is 1. The van der Waals surface area contributed by atoms with Crippen LogP contribution in [0.1, 0.15) is 17.0 Å². The minimum atomic E-state index is -0.462. The Hall–Kier alpha value is -4.94. The van der Waals surface area contributed by atoms with Crippen LogP contribution in [0.2, 0.25) is 0 Å². The van der Waals surface area contributed by atoms with E-state index in [2.05, 4.69) is 33.1 Å². The van der Waals surface area contributed by atoms with Crippen molar-refractivity contribution in [1.82, 2.24) is 19.5 Å². The second kappa shape index (κ2) is 9.71. The van der Waals surface area contributed by atoms with Gasteiger partial charge in [-0.05, 0) is 24.3 Å². The van der Waals surface area contributed by atoms with Crippen LogP contribution < -0.4 is 11.1 Å². The molecular weight excluding hydrogens is 407 g/mol. The largest absolute Gasteiger partial charge is 0.382 e. The average molecular weight is 424 g/mol. The van der Waals surface area contributed by atoms with Gasteiger partial charge in [-0.2, -0.15) is 10.5 Å². The lowest BCUT2D eigenvalue weighted by molar-refractivity contribution is 0.617. The van der Waals surface area contributed by atoms with E-state index >= 15 is 0 Å². The van der Waals surface area contributed by atoms with Crippen molar-refractivity contribution in [3.63, 3.8) is 0 Å². The van der Waals surface area contributed by atoms with E-state index in [4.69, 9.17) is 5.73 Å². The lowest BCUT2D eigenvalue weighted by atomic mass is 10.1. The van der Waals surface area contributed by atoms with Gasteiger partial charge in [0, 0.05) is 11.3 Å². The Kier molecular flexibility index (Phi) is 6.60. The van der Waals surface area contributed by atoms with Gasteiger partial charge >= 0.3 is 0 Å². The van der Waals surface area contributed by atoms with Crippen LogP contribution in [0.4, 0.5) is 16.0 Å². The van der Waals surface area contributed by atoms with Crippen molar-refractivity contribution < 1.29 is 4.39 Å². The Morgan fingerprint density at radius 3 is 2.53 bits per heavy atom. The van der Waals surface area contributed by atoms with Crippen molar-refractivity contribution in [3.05, 3.63) is 71.6 Å². The molecule has 0 bridgehead atoms. The quantitative estimate of drug-likeness (QED) is 0.470. The number of aromatic nitrogens is 4. The van der Waals surface area contributed by atoms with Crippen LogP contribution >= 0.6 is 0 Å². The predicted molar refractivity (Wildman–Crippen MR) is 119 cm³/mol. The van der Waals surface area contributed by atoms with E-state index < -0.39 is 5.82 Å². The molecule has 0 atom stereocenters. The number of nitrogen functional groups attached to an aromatic ring is 1. The van der Waals surface area contributed by atoms with Crippen molar-refractivity contribution in [2.75, 3.05) is 11.1 Å². The first-order valence-corrected chi connectivity index (χ1v) is 9.33. The molecule has 156 valence electrons. The molecule has 8 nitrogen and oxygen atoms in total. The number of rotatable bonds is 5. The van der Waals surface area contributed by atoms with Crippen LogP contribution in [0, 0.1) is 41.3 Å². The highest BCUT2D eigenvalue weighted by molar-refractivity contribution is 5.82. The molecule has 32 heavy (non-hydrogen) atoms. The lowest BCUT2D eigenvalue weighted by Crippen LogP contribution is -2.11. The zero-order chi connectivity index (χ0) is 23.1. The highest BCUT2D eigenvalue weighted by Gasteiger charge is 2.19. The van der Waals surface area contributed by atoms with E-state index in [1.54, 1.807) is 10.6 Å². The molecule has 3 N–H and O–H groups in total. The first-order chi connectivity index (χ1) is 15.6. The maximum Gasteiger partial charge on any atom is 0.149 e. The highest BCUT2D eigenvalue weighted by atomic mass is 19.1. The van der Waals surface area contributed by atoms with Crippen molar-refractivity contribution in [2.45, 2.75) is 13.0 Å². The van der Waals surface area contributed by atoms with Crippen LogP contribution in [0.5, 0.6) is 0 Å². The SMILES string of the molecule is C#C.N#CCc1c(F)ccc2nc(CNc3ncnc(N)c3C#N)n(-c3ccccc3)c12. The topological polar surface area (TPSA) is 129 Å². The number of nitrogens with two attached hydrogens (primary N) is 1. The Balaban J connectivity index is 0.00000141. The van der Waals surface area contributed by atoms with Crippen LogP contribution in [0.25, 0.3) is 16.7 Å². The zero-order valence-corrected chi connectivity index (χ0v) is 16.8. The number of hydrogen-bond acceptors (Lipinski definition) is 7. The molecule has 4 rings (SSSR count). The van der Waals surface area contributed by atoms with Crippen LogP contribution in [0.15, 0.2) is 48.8 Å². The molecule has 0 saturated carbocycles. The van der Waals surface area contributed by atoms with Gasteiger partial charge in [0.1, 0.15) is 41.2 Å². The summed E-state index contributed by atoms with van der Waals surface area (Å²) >= 11 is 0. The predicted octanol–water partition coefficient (Wildman–Crippen LogP) is 3.34. The maximum absolute atomic E-state index is 14.5. The van der Waals surface area contributed by atoms with E-state index in [1.807, 2.05) is 42.5 Å². The van der Waals surface area contributed by atoms with Gasteiger partial charge in [-0.25, -0.2) is 19.3 Å². The summed E-state index contributed by atoms with van der Waals surface area (Å²) in [7, 11) is 0. The Morgan fingerprint density at radius 2 is 1.84 bits per heavy atom. The van der Waals surface area contributed by atoms with E-state index in [1.165, 1.54) is 12.4 Å². The average Bonchev–Trinajstić information content (AvgIpc) is 3.20. The van der Waals surface area contributed by atoms with Crippen molar-refractivity contribution in [2.24, 2.45) is 0 Å². The van der Waals surface area contributed by atoms with Gasteiger partial charge in [-0.1, -0.05) is 18.2 Å². The minimum Gasteiger partial charge on any atom is -0.382 e. The lowest BCUT2D eigenvalue weighted by Gasteiger charge is -2.13. The van der Waals surface area contributed by atoms with Gasteiger partial charge in [0.25, 0.3) is 0 Å². The van der Waals surface area contributed by atoms with Crippen LogP contribution in [-0.2, 0) is 13.0 Å². The number of anilines is 2. The van der Waals surface area contributed by atoms with E-state index in [-0.39, 0.29) is 35.7 Å². The van der Waals surface area contributed by atoms with Gasteiger partial charge in [-0.3, -0.25) is 4.57 Å². The third kappa shape index (κ3) is 4.02. The summed E-state index contributed by atoms with van der Waals surface area (Å²) in [6.07, 6.45) is 9.18. The third-order valence-electron chi connectivity index (χ3n) is 4.61. The van der Waals surface area contributed by atoms with E-state index in [0.29, 0.717) is 16.9 Å². The molecule has 0 aliphatic rings. The second-order valence-corrected chi connectivity index (χ2v) is 6.38. The summed E-state index contributed by atoms with van der Waals surface area (Å²) in [4.78, 5) is 12.5. The number of halogens is 1. The van der Waals surface area contributed by atoms with E-state index in [9.17, 15) is 14.9 Å². The summed E-state index contributed by atoms with van der Waals surface area (Å²) in [5.41, 5.74) is 8.02. The molecule has 0 amide bonds. The summed E-state index contributed by atoms with van der Waals surface area (Å²) in [5.74, 6) is 0.447. The number of fused-ring (bicyclic) bond motifs is 1. The van der Waals surface area contributed by atoms with Gasteiger partial charge in [0.05, 0.1) is 30.1 Å². The number of imidazole rings is 1. The number of nitriles is 2. The summed E-state index contributed by atoms with van der Waals surface area (Å²) in [6.45, 7) is 0.183. The fourth-order valence-electron chi connectivity index (χ4n) is 3.28. The van der Waals surface area contributed by atoms with Crippen molar-refractivity contribution in [1.29, 1.82) is 10.5 Å². The van der Waals surface area contributed by atoms with Gasteiger partial charge < -0.3 is 11.1 Å². The second-order valence-electron chi connectivity index (χ2n) is 6.38. The van der Waals surface area contributed by atoms with Crippen LogP contribution in [-0.4, -0.2) is 19.5 Å². The standard InChI is InChI=1S/C21H15FN8.C2H2/c22-16-6-7-17-19(14(16)8-9-23)30(13-4-2-1-3-5-13)18(29-17)11-26-21-15(10-24)20(25)27-12-28-21;1-2/h1-7,12H,8,11H2,(H3,25,26,27,28);1-2H. The number of hydrogen-bond donors (Lipinski definition) is 2. The molecule has 9 heteroatoms. The Bertz CT molecular complexity index is 1360. The zero-order valence-electron chi connectivity index (χ0n) is 16.8. The molecule has 2 aromatic carbocycles. The first-order valence-electron chi connectivity index (χ1n) is 9.33. The van der Waals surface area contributed by atoms with E-state index in [0.717, 1.165) is 5.69 Å². The molecule has 0 unspecified atom stereocenters. The molecular formula is C23H17FN8. The Labute approximate surface area is 183 Å². The van der Waals surface area contributed by atoms with Crippen LogP contribution in [0.3, 0.4) is 0 Å². The van der Waals surface area contributed by atoms with Gasteiger partial charge in [0.15, 0.2) is 0 Å². The molecule has 0 saturated heterocycles. The fraction of sp³-hybridized carbons (Fsp3) is 0.0870. The number of nitrogens with zero attached hydrogens (tertiary/aromatic N) is 6. The highest BCUT2D eigenvalue weighted by Crippen LogP contribution is 2.28. The molecule has 0 spiro atoms. The van der Waals surface area contributed by atoms with Gasteiger partial charge in [-0.15, -0.1) is 12.8 Å². The molecule has 0 aliphatic carbocycles. The maximum atomic E-state index is 14.5. The first kappa shape index (κ1) is 21.8. The smallest absolute Gasteiger partial charge is 0.149 e. The minimum absolute atomic E-state index is 0.0740. The Morgan fingerprint density at radius 1 is 1.09 bits per heavy atom. The van der Waals surface area contributed by atoms with Crippen molar-refractivity contribution in [3.8, 4) is 30.7 Å². The molecule has 0 fully saturated rings. The molecule has 0 radical (unpaired) electrons. The summed E-state index contributed by atoms with van der Waals surface area (Å²) < 4.78 is 16.3. The molecule has 2 aromatic heterocycles. The molecule has 2 heterocycles. The fourth-order valence-corrected chi connectivity index (χ4v) is 3.28. The molecule has 4 aromatic rings. The third-order valence-corrected chi connectivity index (χ3v) is 4.61. The number of para-hydroxylation sites is 1.